The van der Waals surface area contributed by atoms with E-state index >= 15 is 0 Å². The Bertz CT molecular complexity index is 1240. The fourth-order valence-electron chi connectivity index (χ4n) is 3.74. The van der Waals surface area contributed by atoms with Crippen LogP contribution in [-0.4, -0.2) is 35.5 Å². The van der Waals surface area contributed by atoms with Gasteiger partial charge in [-0.1, -0.05) is 34.1 Å². The summed E-state index contributed by atoms with van der Waals surface area (Å²) in [6.07, 6.45) is 0.374. The predicted octanol–water partition coefficient (Wildman–Crippen LogP) is 3.16. The molecule has 0 fully saturated rings. The molecule has 4 heterocycles. The molecule has 0 spiro atoms. The van der Waals surface area contributed by atoms with E-state index in [4.69, 9.17) is 5.10 Å². The van der Waals surface area contributed by atoms with E-state index in [2.05, 4.69) is 36.5 Å². The molecule has 1 amide bonds. The van der Waals surface area contributed by atoms with Crippen LogP contribution >= 0.6 is 15.9 Å². The molecular weight excluding hydrogens is 422 g/mol. The number of benzene rings is 1. The summed E-state index contributed by atoms with van der Waals surface area (Å²) in [4.78, 5) is 12.5. The maximum atomic E-state index is 12.5. The topological polar surface area (TPSA) is 90.0 Å². The van der Waals surface area contributed by atoms with Crippen molar-refractivity contribution in [2.75, 3.05) is 5.32 Å². The SMILES string of the molecule is Cc1nn(-c2ccc3nnc(C)n3n2)c2c1C(c1ccccc1Br)CC(=O)N2. The van der Waals surface area contributed by atoms with Crippen LogP contribution in [-0.2, 0) is 4.79 Å². The number of nitrogens with zero attached hydrogens (tertiary/aromatic N) is 6. The monoisotopic (exact) mass is 437 g/mol. The minimum Gasteiger partial charge on any atom is -0.310 e. The standard InChI is InChI=1S/C19H16BrN7O/c1-10-18-13(12-5-3-4-6-14(12)20)9-17(28)21-19(18)27(24-10)16-8-7-15-23-22-11(2)26(15)25-16/h3-8,13H,9H2,1-2H3,(H,21,28). The summed E-state index contributed by atoms with van der Waals surface area (Å²) in [5, 5.41) is 20.4. The number of carbonyl (C=O) groups is 1. The molecular formula is C19H16BrN7O. The van der Waals surface area contributed by atoms with Crippen LogP contribution in [0, 0.1) is 13.8 Å². The van der Waals surface area contributed by atoms with Crippen molar-refractivity contribution in [2.24, 2.45) is 0 Å². The summed E-state index contributed by atoms with van der Waals surface area (Å²) in [5.41, 5.74) is 3.60. The molecule has 28 heavy (non-hydrogen) atoms. The molecule has 1 atom stereocenters. The van der Waals surface area contributed by atoms with Gasteiger partial charge in [0.25, 0.3) is 0 Å². The largest absolute Gasteiger partial charge is 0.310 e. The van der Waals surface area contributed by atoms with Gasteiger partial charge in [0.05, 0.1) is 5.69 Å². The summed E-state index contributed by atoms with van der Waals surface area (Å²) in [6.45, 7) is 3.80. The van der Waals surface area contributed by atoms with Gasteiger partial charge in [0.2, 0.25) is 5.91 Å². The van der Waals surface area contributed by atoms with Gasteiger partial charge in [-0.15, -0.1) is 15.3 Å². The van der Waals surface area contributed by atoms with Gasteiger partial charge in [-0.3, -0.25) is 4.79 Å². The molecule has 1 aliphatic rings. The van der Waals surface area contributed by atoms with Crippen LogP contribution in [0.4, 0.5) is 5.82 Å². The van der Waals surface area contributed by atoms with E-state index in [1.807, 2.05) is 50.2 Å². The van der Waals surface area contributed by atoms with Gasteiger partial charge in [-0.25, -0.2) is 0 Å². The van der Waals surface area contributed by atoms with Gasteiger partial charge in [-0.05, 0) is 37.6 Å². The number of halogens is 1. The van der Waals surface area contributed by atoms with E-state index in [-0.39, 0.29) is 11.8 Å². The third-order valence-corrected chi connectivity index (χ3v) is 5.73. The number of hydrogen-bond acceptors (Lipinski definition) is 5. The fourth-order valence-corrected chi connectivity index (χ4v) is 4.30. The zero-order chi connectivity index (χ0) is 19.4. The minimum atomic E-state index is -0.0755. The maximum absolute atomic E-state index is 12.5. The van der Waals surface area contributed by atoms with Crippen LogP contribution in [0.15, 0.2) is 40.9 Å². The van der Waals surface area contributed by atoms with Crippen LogP contribution in [0.5, 0.6) is 0 Å². The van der Waals surface area contributed by atoms with E-state index in [9.17, 15) is 4.79 Å². The van der Waals surface area contributed by atoms with Crippen LogP contribution < -0.4 is 5.32 Å². The second-order valence-corrected chi connectivity index (χ2v) is 7.65. The number of amides is 1. The molecule has 0 bridgehead atoms. The van der Waals surface area contributed by atoms with Crippen molar-refractivity contribution in [3.8, 4) is 5.82 Å². The number of nitrogens with one attached hydrogen (secondary N) is 1. The molecule has 1 N–H and O–H groups in total. The molecule has 0 aliphatic carbocycles. The summed E-state index contributed by atoms with van der Waals surface area (Å²) in [6, 6.07) is 11.6. The smallest absolute Gasteiger partial charge is 0.226 e. The molecule has 0 saturated heterocycles. The molecule has 4 aromatic rings. The molecule has 8 nitrogen and oxygen atoms in total. The first-order chi connectivity index (χ1) is 13.5. The Morgan fingerprint density at radius 2 is 1.93 bits per heavy atom. The fraction of sp³-hybridized carbons (Fsp3) is 0.211. The predicted molar refractivity (Wildman–Crippen MR) is 107 cm³/mol. The third-order valence-electron chi connectivity index (χ3n) is 5.00. The zero-order valence-electron chi connectivity index (χ0n) is 15.2. The van der Waals surface area contributed by atoms with Gasteiger partial charge >= 0.3 is 0 Å². The molecule has 5 rings (SSSR count). The highest BCUT2D eigenvalue weighted by Gasteiger charge is 2.33. The van der Waals surface area contributed by atoms with Crippen LogP contribution in [0.1, 0.15) is 35.0 Å². The van der Waals surface area contributed by atoms with Crippen molar-refractivity contribution < 1.29 is 4.79 Å². The van der Waals surface area contributed by atoms with Crippen LogP contribution in [0.25, 0.3) is 11.5 Å². The lowest BCUT2D eigenvalue weighted by Crippen LogP contribution is -2.25. The van der Waals surface area contributed by atoms with Crippen molar-refractivity contribution in [2.45, 2.75) is 26.2 Å². The number of anilines is 1. The molecule has 0 radical (unpaired) electrons. The average molecular weight is 438 g/mol. The summed E-state index contributed by atoms with van der Waals surface area (Å²) >= 11 is 3.62. The lowest BCUT2D eigenvalue weighted by atomic mass is 9.86. The van der Waals surface area contributed by atoms with E-state index in [1.165, 1.54) is 0 Å². The molecule has 0 saturated carbocycles. The first kappa shape index (κ1) is 17.1. The summed E-state index contributed by atoms with van der Waals surface area (Å²) in [5.74, 6) is 1.81. The van der Waals surface area contributed by atoms with Gasteiger partial charge in [0.15, 0.2) is 17.3 Å². The maximum Gasteiger partial charge on any atom is 0.226 e. The zero-order valence-corrected chi connectivity index (χ0v) is 16.8. The highest BCUT2D eigenvalue weighted by molar-refractivity contribution is 9.10. The minimum absolute atomic E-state index is 0.0454. The Labute approximate surface area is 168 Å². The quantitative estimate of drug-likeness (QED) is 0.519. The van der Waals surface area contributed by atoms with Crippen molar-refractivity contribution in [1.82, 2.24) is 29.6 Å². The lowest BCUT2D eigenvalue weighted by Gasteiger charge is -2.25. The lowest BCUT2D eigenvalue weighted by molar-refractivity contribution is -0.116. The summed E-state index contributed by atoms with van der Waals surface area (Å²) < 4.78 is 4.33. The molecule has 3 aromatic heterocycles. The van der Waals surface area contributed by atoms with Gasteiger partial charge in [-0.2, -0.15) is 14.3 Å². The Kier molecular flexibility index (Phi) is 3.80. The van der Waals surface area contributed by atoms with E-state index in [0.717, 1.165) is 21.3 Å². The van der Waals surface area contributed by atoms with Gasteiger partial charge < -0.3 is 5.32 Å². The second-order valence-electron chi connectivity index (χ2n) is 6.79. The number of carbonyl (C=O) groups excluding carboxylic acids is 1. The van der Waals surface area contributed by atoms with E-state index in [0.29, 0.717) is 29.5 Å². The first-order valence-electron chi connectivity index (χ1n) is 8.86. The van der Waals surface area contributed by atoms with Crippen molar-refractivity contribution in [3.05, 3.63) is 63.5 Å². The number of hydrogen-bond donors (Lipinski definition) is 1. The molecule has 9 heteroatoms. The third kappa shape index (κ3) is 2.54. The Balaban J connectivity index is 1.70. The van der Waals surface area contributed by atoms with Crippen molar-refractivity contribution in [1.29, 1.82) is 0 Å². The normalized spacial score (nSPS) is 16.2. The van der Waals surface area contributed by atoms with E-state index in [1.54, 1.807) is 9.20 Å². The highest BCUT2D eigenvalue weighted by Crippen LogP contribution is 2.42. The van der Waals surface area contributed by atoms with Gasteiger partial charge in [0, 0.05) is 22.4 Å². The Morgan fingerprint density at radius 1 is 1.11 bits per heavy atom. The Morgan fingerprint density at radius 3 is 2.75 bits per heavy atom. The molecule has 140 valence electrons. The highest BCUT2D eigenvalue weighted by atomic mass is 79.9. The Hall–Kier alpha value is -3.07. The number of aryl methyl sites for hydroxylation is 2. The average Bonchev–Trinajstić information content (AvgIpc) is 3.21. The van der Waals surface area contributed by atoms with Crippen LogP contribution in [0.2, 0.25) is 0 Å². The number of fused-ring (bicyclic) bond motifs is 2. The first-order valence-corrected chi connectivity index (χ1v) is 9.65. The van der Waals surface area contributed by atoms with Crippen molar-refractivity contribution >= 4 is 33.3 Å². The molecule has 1 unspecified atom stereocenters. The number of rotatable bonds is 2. The molecule has 1 aliphatic heterocycles. The van der Waals surface area contributed by atoms with Gasteiger partial charge in [0.1, 0.15) is 5.82 Å². The van der Waals surface area contributed by atoms with Crippen molar-refractivity contribution in [3.63, 3.8) is 0 Å². The number of aromatic nitrogens is 6. The van der Waals surface area contributed by atoms with Crippen LogP contribution in [0.3, 0.4) is 0 Å². The van der Waals surface area contributed by atoms with E-state index < -0.39 is 0 Å². The second kappa shape index (κ2) is 6.23. The summed E-state index contributed by atoms with van der Waals surface area (Å²) in [7, 11) is 0. The molecule has 1 aromatic carbocycles.